The van der Waals surface area contributed by atoms with Crippen molar-refractivity contribution in [2.24, 2.45) is 0 Å². The Hall–Kier alpha value is -3.95. The van der Waals surface area contributed by atoms with Gasteiger partial charge in [-0.15, -0.1) is 11.3 Å². The summed E-state index contributed by atoms with van der Waals surface area (Å²) in [6, 6.07) is 9.85. The molecule has 1 aliphatic rings. The molecule has 42 heavy (non-hydrogen) atoms. The van der Waals surface area contributed by atoms with E-state index in [4.69, 9.17) is 4.74 Å². The monoisotopic (exact) mass is 601 g/mol. The number of thiophene rings is 1. The van der Waals surface area contributed by atoms with E-state index in [0.29, 0.717) is 56.4 Å². The molecule has 0 amide bonds. The maximum atomic E-state index is 14.7. The average Bonchev–Trinajstić information content (AvgIpc) is 3.29. The second kappa shape index (κ2) is 12.5. The molecule has 0 saturated carbocycles. The molecule has 6 nitrogen and oxygen atoms in total. The maximum absolute atomic E-state index is 14.7. The molecular weight excluding hydrogens is 573 g/mol. The second-order valence-electron chi connectivity index (χ2n) is 10.00. The van der Waals surface area contributed by atoms with Crippen molar-refractivity contribution in [2.75, 3.05) is 44.4 Å². The minimum atomic E-state index is -4.42. The van der Waals surface area contributed by atoms with Gasteiger partial charge in [0.15, 0.2) is 11.6 Å². The van der Waals surface area contributed by atoms with Crippen LogP contribution in [0.2, 0.25) is 0 Å². The number of piperidine rings is 1. The van der Waals surface area contributed by atoms with Crippen molar-refractivity contribution in [2.45, 2.75) is 31.2 Å². The van der Waals surface area contributed by atoms with Gasteiger partial charge in [0.1, 0.15) is 11.9 Å². The van der Waals surface area contributed by atoms with Gasteiger partial charge in [0, 0.05) is 18.7 Å². The minimum absolute atomic E-state index is 0.111. The van der Waals surface area contributed by atoms with Crippen LogP contribution in [0.15, 0.2) is 48.8 Å². The molecule has 0 radical (unpaired) electrons. The number of rotatable bonds is 7. The number of alkyl halides is 4. The minimum Gasteiger partial charge on any atom is -0.495 e. The van der Waals surface area contributed by atoms with Gasteiger partial charge in [0.2, 0.25) is 0 Å². The molecule has 0 spiro atoms. The Morgan fingerprint density at radius 2 is 1.93 bits per heavy atom. The van der Waals surface area contributed by atoms with Crippen LogP contribution in [0.3, 0.4) is 0 Å². The Labute approximate surface area is 243 Å². The number of benzene rings is 2. The van der Waals surface area contributed by atoms with Crippen LogP contribution in [0.5, 0.6) is 5.75 Å². The van der Waals surface area contributed by atoms with Gasteiger partial charge in [-0.25, -0.2) is 18.7 Å². The van der Waals surface area contributed by atoms with Crippen molar-refractivity contribution < 1.29 is 26.7 Å². The second-order valence-corrected chi connectivity index (χ2v) is 11.0. The van der Waals surface area contributed by atoms with Gasteiger partial charge in [-0.05, 0) is 48.7 Å². The molecule has 2 N–H and O–H groups in total. The van der Waals surface area contributed by atoms with Gasteiger partial charge in [0.25, 0.3) is 0 Å². The molecule has 1 aliphatic heterocycles. The zero-order chi connectivity index (χ0) is 29.9. The highest BCUT2D eigenvalue weighted by Gasteiger charge is 2.32. The summed E-state index contributed by atoms with van der Waals surface area (Å²) >= 11 is 1.17. The van der Waals surface area contributed by atoms with Crippen molar-refractivity contribution in [1.82, 2.24) is 14.9 Å². The number of likely N-dealkylation sites (tertiary alicyclic amines) is 1. The molecular formula is C30H28F5N5OS. The van der Waals surface area contributed by atoms with E-state index < -0.39 is 30.6 Å². The molecule has 0 bridgehead atoms. The topological polar surface area (TPSA) is 62.3 Å². The summed E-state index contributed by atoms with van der Waals surface area (Å²) in [7, 11) is 3.35. The number of aromatic nitrogens is 2. The molecule has 0 aliphatic carbocycles. The third-order valence-corrected chi connectivity index (χ3v) is 8.13. The Bertz CT molecular complexity index is 1610. The Morgan fingerprint density at radius 3 is 2.64 bits per heavy atom. The normalized spacial score (nSPS) is 17.5. The van der Waals surface area contributed by atoms with Crippen molar-refractivity contribution in [3.63, 3.8) is 0 Å². The third-order valence-electron chi connectivity index (χ3n) is 6.93. The van der Waals surface area contributed by atoms with Crippen LogP contribution in [-0.2, 0) is 6.42 Å². The van der Waals surface area contributed by atoms with Crippen LogP contribution in [0.25, 0.3) is 21.5 Å². The SMILES string of the molecule is COc1cc(-c2ncc(F)cn2)ccc1NCC#Cc1sc2c(N[C@H]3CCN(C)C[C@H]3F)cccc2c1CC(F)(F)F. The standard InChI is InChI=1S/C30H28F5N5OS/c1-40-12-10-23(22(32)17-40)39-25-6-3-5-20-21(14-30(33,34)35)27(42-28(20)25)7-4-11-36-24-9-8-18(13-26(24)41-2)29-37-15-19(31)16-38-29/h3,5-6,8-9,13,15-16,22-23,36,39H,10-12,14,17H2,1-2H3/t22-,23+/m1/s1. The van der Waals surface area contributed by atoms with Crippen LogP contribution in [0.1, 0.15) is 16.9 Å². The molecule has 3 heterocycles. The van der Waals surface area contributed by atoms with Crippen LogP contribution in [0, 0.1) is 17.7 Å². The van der Waals surface area contributed by atoms with Gasteiger partial charge < -0.3 is 20.3 Å². The average molecular weight is 602 g/mol. The number of anilines is 2. The van der Waals surface area contributed by atoms with E-state index in [0.717, 1.165) is 18.9 Å². The molecule has 4 aromatic rings. The number of halogens is 5. The van der Waals surface area contributed by atoms with Gasteiger partial charge in [-0.1, -0.05) is 24.0 Å². The lowest BCUT2D eigenvalue weighted by Gasteiger charge is -2.33. The number of ether oxygens (including phenoxy) is 1. The van der Waals surface area contributed by atoms with Crippen molar-refractivity contribution in [3.05, 3.63) is 65.0 Å². The Morgan fingerprint density at radius 1 is 1.14 bits per heavy atom. The highest BCUT2D eigenvalue weighted by atomic mass is 32.1. The largest absolute Gasteiger partial charge is 0.495 e. The highest BCUT2D eigenvalue weighted by molar-refractivity contribution is 7.20. The van der Waals surface area contributed by atoms with Crippen LogP contribution in [0.4, 0.5) is 33.3 Å². The van der Waals surface area contributed by atoms with Crippen molar-refractivity contribution in [1.29, 1.82) is 0 Å². The number of nitrogens with zero attached hydrogens (tertiary/aromatic N) is 3. The fourth-order valence-corrected chi connectivity index (χ4v) is 6.05. The van der Waals surface area contributed by atoms with Crippen LogP contribution in [-0.4, -0.2) is 67.0 Å². The van der Waals surface area contributed by atoms with E-state index in [-0.39, 0.29) is 12.1 Å². The summed E-state index contributed by atoms with van der Waals surface area (Å²) in [5.41, 5.74) is 1.95. The number of hydrogen-bond donors (Lipinski definition) is 2. The Balaban J connectivity index is 1.38. The molecule has 12 heteroatoms. The fourth-order valence-electron chi connectivity index (χ4n) is 4.88. The maximum Gasteiger partial charge on any atom is 0.393 e. The number of nitrogens with one attached hydrogen (secondary N) is 2. The summed E-state index contributed by atoms with van der Waals surface area (Å²) in [6.45, 7) is 1.16. The summed E-state index contributed by atoms with van der Waals surface area (Å²) in [4.78, 5) is 10.2. The van der Waals surface area contributed by atoms with Crippen LogP contribution < -0.4 is 15.4 Å². The van der Waals surface area contributed by atoms with E-state index in [2.05, 4.69) is 32.4 Å². The first-order valence-electron chi connectivity index (χ1n) is 13.2. The third kappa shape index (κ3) is 6.91. The lowest BCUT2D eigenvalue weighted by atomic mass is 10.0. The predicted octanol–water partition coefficient (Wildman–Crippen LogP) is 6.53. The molecule has 2 aromatic carbocycles. The number of fused-ring (bicyclic) bond motifs is 1. The van der Waals surface area contributed by atoms with Gasteiger partial charge >= 0.3 is 6.18 Å². The predicted molar refractivity (Wildman–Crippen MR) is 155 cm³/mol. The summed E-state index contributed by atoms with van der Waals surface area (Å²) in [6.07, 6.45) is -3.89. The van der Waals surface area contributed by atoms with E-state index >= 15 is 0 Å². The molecule has 2 aromatic heterocycles. The van der Waals surface area contributed by atoms with Crippen LogP contribution >= 0.6 is 11.3 Å². The summed E-state index contributed by atoms with van der Waals surface area (Å²) < 4.78 is 74.7. The zero-order valence-corrected chi connectivity index (χ0v) is 23.7. The quantitative estimate of drug-likeness (QED) is 0.186. The number of hydrogen-bond acceptors (Lipinski definition) is 7. The van der Waals surface area contributed by atoms with E-state index in [1.807, 2.05) is 11.9 Å². The molecule has 2 atom stereocenters. The van der Waals surface area contributed by atoms with Crippen molar-refractivity contribution in [3.8, 4) is 29.0 Å². The zero-order valence-electron chi connectivity index (χ0n) is 22.9. The molecule has 0 unspecified atom stereocenters. The summed E-state index contributed by atoms with van der Waals surface area (Å²) in [5, 5.41) is 6.83. The Kier molecular flexibility index (Phi) is 8.80. The van der Waals surface area contributed by atoms with Crippen molar-refractivity contribution >= 4 is 32.8 Å². The molecule has 220 valence electrons. The molecule has 5 rings (SSSR count). The van der Waals surface area contributed by atoms with E-state index in [1.54, 1.807) is 36.4 Å². The van der Waals surface area contributed by atoms with E-state index in [1.165, 1.54) is 18.4 Å². The van der Waals surface area contributed by atoms with Gasteiger partial charge in [0.05, 0.1) is 59.5 Å². The first kappa shape index (κ1) is 29.5. The highest BCUT2D eigenvalue weighted by Crippen LogP contribution is 2.39. The lowest BCUT2D eigenvalue weighted by molar-refractivity contribution is -0.126. The fraction of sp³-hybridized carbons (Fsp3) is 0.333. The van der Waals surface area contributed by atoms with Gasteiger partial charge in [-0.2, -0.15) is 13.2 Å². The molecule has 1 saturated heterocycles. The lowest BCUT2D eigenvalue weighted by Crippen LogP contribution is -2.46. The first-order valence-corrected chi connectivity index (χ1v) is 14.0. The van der Waals surface area contributed by atoms with E-state index in [9.17, 15) is 22.0 Å². The first-order chi connectivity index (χ1) is 20.1. The van der Waals surface area contributed by atoms with Gasteiger partial charge in [-0.3, -0.25) is 0 Å². The smallest absolute Gasteiger partial charge is 0.393 e. The molecule has 1 fully saturated rings. The summed E-state index contributed by atoms with van der Waals surface area (Å²) in [5.74, 6) is 6.10. The number of methoxy groups -OCH3 is 1.